The first-order valence-corrected chi connectivity index (χ1v) is 10.6. The summed E-state index contributed by atoms with van der Waals surface area (Å²) in [6.45, 7) is 9.56. The molecular weight excluding hydrogens is 354 g/mol. The van der Waals surface area contributed by atoms with Crippen LogP contribution in [0.3, 0.4) is 0 Å². The van der Waals surface area contributed by atoms with Crippen LogP contribution in [0.15, 0.2) is 23.1 Å². The largest absolute Gasteiger partial charge is 0.303 e. The lowest BCUT2D eigenvalue weighted by molar-refractivity contribution is -0.385. The summed E-state index contributed by atoms with van der Waals surface area (Å²) < 4.78 is 27.4. The summed E-state index contributed by atoms with van der Waals surface area (Å²) >= 11 is 0. The van der Waals surface area contributed by atoms with Crippen LogP contribution in [0.5, 0.6) is 0 Å². The third kappa shape index (κ3) is 5.49. The Labute approximate surface area is 156 Å². The molecule has 0 aromatic heterocycles. The topological polar surface area (TPSA) is 92.5 Å². The minimum atomic E-state index is -3.74. The Kier molecular flexibility index (Phi) is 7.14. The Hall–Kier alpha value is -1.51. The molecule has 7 nitrogen and oxygen atoms in total. The van der Waals surface area contributed by atoms with Crippen LogP contribution in [0, 0.1) is 28.9 Å². The molecule has 2 rings (SSSR count). The predicted octanol–water partition coefficient (Wildman–Crippen LogP) is 2.94. The van der Waals surface area contributed by atoms with Gasteiger partial charge in [-0.1, -0.05) is 19.9 Å². The standard InChI is InChI=1S/C18H29N3O4S/c1-14-11-15(2)13-20(12-14)10-5-4-9-19-26(24,25)18-8-6-7-17(16(18)3)21(22)23/h6-8,14-15,19H,4-5,9-13H2,1-3H3. The Balaban J connectivity index is 1.84. The van der Waals surface area contributed by atoms with Gasteiger partial charge >= 0.3 is 0 Å². The fourth-order valence-electron chi connectivity index (χ4n) is 3.81. The Bertz CT molecular complexity index is 726. The minimum Gasteiger partial charge on any atom is -0.303 e. The summed E-state index contributed by atoms with van der Waals surface area (Å²) in [4.78, 5) is 12.9. The molecule has 1 saturated heterocycles. The van der Waals surface area contributed by atoms with Gasteiger partial charge in [-0.15, -0.1) is 0 Å². The summed E-state index contributed by atoms with van der Waals surface area (Å²) in [5, 5.41) is 11.0. The fourth-order valence-corrected chi connectivity index (χ4v) is 5.15. The van der Waals surface area contributed by atoms with Crippen LogP contribution in [0.2, 0.25) is 0 Å². The lowest BCUT2D eigenvalue weighted by atomic mass is 9.92. The zero-order valence-electron chi connectivity index (χ0n) is 15.8. The first-order valence-electron chi connectivity index (χ1n) is 9.16. The van der Waals surface area contributed by atoms with Crippen molar-refractivity contribution in [3.8, 4) is 0 Å². The van der Waals surface area contributed by atoms with E-state index >= 15 is 0 Å². The smallest absolute Gasteiger partial charge is 0.273 e. The molecule has 26 heavy (non-hydrogen) atoms. The SMILES string of the molecule is Cc1c([N+](=O)[O-])cccc1S(=O)(=O)NCCCCN1CC(C)CC(C)C1. The lowest BCUT2D eigenvalue weighted by Gasteiger charge is -2.34. The first kappa shape index (κ1) is 20.8. The molecule has 1 aromatic rings. The number of hydrogen-bond donors (Lipinski definition) is 1. The van der Waals surface area contributed by atoms with Gasteiger partial charge in [0.15, 0.2) is 0 Å². The molecule has 1 heterocycles. The van der Waals surface area contributed by atoms with E-state index in [0.29, 0.717) is 18.4 Å². The van der Waals surface area contributed by atoms with Crippen LogP contribution in [0.25, 0.3) is 0 Å². The molecule has 1 aliphatic heterocycles. The molecule has 1 fully saturated rings. The van der Waals surface area contributed by atoms with Crippen molar-refractivity contribution in [2.45, 2.75) is 44.9 Å². The van der Waals surface area contributed by atoms with Crippen LogP contribution in [0.4, 0.5) is 5.69 Å². The average molecular weight is 384 g/mol. The first-order chi connectivity index (χ1) is 12.2. The van der Waals surface area contributed by atoms with E-state index in [1.165, 1.54) is 31.5 Å². The molecule has 0 radical (unpaired) electrons. The molecular formula is C18H29N3O4S. The summed E-state index contributed by atoms with van der Waals surface area (Å²) in [5.41, 5.74) is -0.0116. The number of unbranched alkanes of at least 4 members (excludes halogenated alkanes) is 1. The Morgan fingerprint density at radius 2 is 1.88 bits per heavy atom. The number of nitrogens with zero attached hydrogens (tertiary/aromatic N) is 2. The monoisotopic (exact) mass is 383 g/mol. The molecule has 0 aliphatic carbocycles. The number of piperidine rings is 1. The van der Waals surface area contributed by atoms with Crippen molar-refractivity contribution < 1.29 is 13.3 Å². The second-order valence-electron chi connectivity index (χ2n) is 7.47. The highest BCUT2D eigenvalue weighted by Gasteiger charge is 2.23. The van der Waals surface area contributed by atoms with Gasteiger partial charge in [0.25, 0.3) is 5.69 Å². The highest BCUT2D eigenvalue weighted by molar-refractivity contribution is 7.89. The van der Waals surface area contributed by atoms with Crippen molar-refractivity contribution >= 4 is 15.7 Å². The van der Waals surface area contributed by atoms with Gasteiger partial charge in [-0.2, -0.15) is 0 Å². The van der Waals surface area contributed by atoms with Gasteiger partial charge in [-0.3, -0.25) is 10.1 Å². The Morgan fingerprint density at radius 1 is 1.23 bits per heavy atom. The van der Waals surface area contributed by atoms with Gasteiger partial charge in [-0.05, 0) is 50.6 Å². The summed E-state index contributed by atoms with van der Waals surface area (Å²) in [5.74, 6) is 1.43. The highest BCUT2D eigenvalue weighted by Crippen LogP contribution is 2.24. The second kappa shape index (κ2) is 8.92. The van der Waals surface area contributed by atoms with Crippen molar-refractivity contribution in [1.29, 1.82) is 0 Å². The number of benzene rings is 1. The maximum absolute atomic E-state index is 12.4. The zero-order valence-corrected chi connectivity index (χ0v) is 16.6. The van der Waals surface area contributed by atoms with E-state index in [2.05, 4.69) is 23.5 Å². The van der Waals surface area contributed by atoms with Crippen LogP contribution in [-0.4, -0.2) is 44.4 Å². The maximum atomic E-state index is 12.4. The van der Waals surface area contributed by atoms with Crippen molar-refractivity contribution in [2.75, 3.05) is 26.2 Å². The number of hydrogen-bond acceptors (Lipinski definition) is 5. The average Bonchev–Trinajstić information content (AvgIpc) is 2.53. The lowest BCUT2D eigenvalue weighted by Crippen LogP contribution is -2.39. The quantitative estimate of drug-likeness (QED) is 0.423. The van der Waals surface area contributed by atoms with E-state index in [1.54, 1.807) is 0 Å². The van der Waals surface area contributed by atoms with E-state index in [9.17, 15) is 18.5 Å². The molecule has 1 aliphatic rings. The molecule has 1 aromatic carbocycles. The van der Waals surface area contributed by atoms with Gasteiger partial charge in [-0.25, -0.2) is 13.1 Å². The predicted molar refractivity (Wildman–Crippen MR) is 102 cm³/mol. The van der Waals surface area contributed by atoms with Gasteiger partial charge in [0.1, 0.15) is 0 Å². The fraction of sp³-hybridized carbons (Fsp3) is 0.667. The number of sulfonamides is 1. The number of nitro benzene ring substituents is 1. The van der Waals surface area contributed by atoms with Crippen LogP contribution in [0.1, 0.15) is 38.7 Å². The van der Waals surface area contributed by atoms with E-state index in [1.807, 2.05) is 0 Å². The molecule has 2 atom stereocenters. The van der Waals surface area contributed by atoms with Crippen LogP contribution in [-0.2, 0) is 10.0 Å². The number of likely N-dealkylation sites (tertiary alicyclic amines) is 1. The normalized spacial score (nSPS) is 21.7. The zero-order chi connectivity index (χ0) is 19.3. The summed E-state index contributed by atoms with van der Waals surface area (Å²) in [6.07, 6.45) is 2.95. The number of rotatable bonds is 8. The molecule has 0 spiro atoms. The van der Waals surface area contributed by atoms with E-state index in [4.69, 9.17) is 0 Å². The minimum absolute atomic E-state index is 0.0228. The summed E-state index contributed by atoms with van der Waals surface area (Å²) in [6, 6.07) is 4.12. The van der Waals surface area contributed by atoms with Crippen molar-refractivity contribution in [3.05, 3.63) is 33.9 Å². The van der Waals surface area contributed by atoms with E-state index < -0.39 is 14.9 Å². The van der Waals surface area contributed by atoms with Crippen LogP contribution >= 0.6 is 0 Å². The highest BCUT2D eigenvalue weighted by atomic mass is 32.2. The molecule has 0 saturated carbocycles. The van der Waals surface area contributed by atoms with E-state index in [-0.39, 0.29) is 16.1 Å². The molecule has 2 unspecified atom stereocenters. The molecule has 0 bridgehead atoms. The van der Waals surface area contributed by atoms with Crippen LogP contribution < -0.4 is 4.72 Å². The number of nitrogens with one attached hydrogen (secondary N) is 1. The third-order valence-electron chi connectivity index (χ3n) is 4.88. The maximum Gasteiger partial charge on any atom is 0.273 e. The van der Waals surface area contributed by atoms with Gasteiger partial charge in [0.2, 0.25) is 10.0 Å². The molecule has 1 N–H and O–H groups in total. The summed E-state index contributed by atoms with van der Waals surface area (Å²) in [7, 11) is -3.74. The molecule has 146 valence electrons. The third-order valence-corrected chi connectivity index (χ3v) is 6.48. The van der Waals surface area contributed by atoms with Gasteiger partial charge < -0.3 is 4.90 Å². The number of nitro groups is 1. The molecule has 0 amide bonds. The Morgan fingerprint density at radius 3 is 2.50 bits per heavy atom. The second-order valence-corrected chi connectivity index (χ2v) is 9.20. The van der Waals surface area contributed by atoms with E-state index in [0.717, 1.165) is 32.5 Å². The van der Waals surface area contributed by atoms with Gasteiger partial charge in [0, 0.05) is 31.3 Å². The van der Waals surface area contributed by atoms with Crippen molar-refractivity contribution in [2.24, 2.45) is 11.8 Å². The molecule has 8 heteroatoms. The van der Waals surface area contributed by atoms with Gasteiger partial charge in [0.05, 0.1) is 9.82 Å². The van der Waals surface area contributed by atoms with Crippen molar-refractivity contribution in [1.82, 2.24) is 9.62 Å². The van der Waals surface area contributed by atoms with Crippen molar-refractivity contribution in [3.63, 3.8) is 0 Å².